The van der Waals surface area contributed by atoms with E-state index in [0.29, 0.717) is 6.04 Å². The van der Waals surface area contributed by atoms with Gasteiger partial charge in [-0.05, 0) is 37.5 Å². The van der Waals surface area contributed by atoms with Crippen LogP contribution in [0.15, 0.2) is 18.3 Å². The molecule has 16 heavy (non-hydrogen) atoms. The Hall–Kier alpha value is -1.09. The van der Waals surface area contributed by atoms with Crippen molar-refractivity contribution >= 4 is 5.82 Å². The highest BCUT2D eigenvalue weighted by atomic mass is 16.3. The molecule has 1 aliphatic rings. The van der Waals surface area contributed by atoms with Gasteiger partial charge in [-0.3, -0.25) is 0 Å². The van der Waals surface area contributed by atoms with Gasteiger partial charge in [0.05, 0.1) is 6.10 Å². The van der Waals surface area contributed by atoms with E-state index < -0.39 is 6.10 Å². The second-order valence-electron chi connectivity index (χ2n) is 4.67. The van der Waals surface area contributed by atoms with Crippen molar-refractivity contribution in [2.45, 2.75) is 44.8 Å². The highest BCUT2D eigenvalue weighted by Crippen LogP contribution is 2.26. The minimum atomic E-state index is -0.418. The van der Waals surface area contributed by atoms with Crippen LogP contribution in [0.1, 0.15) is 44.3 Å². The van der Waals surface area contributed by atoms with Crippen LogP contribution in [-0.2, 0) is 0 Å². The van der Waals surface area contributed by atoms with Crippen molar-refractivity contribution in [3.05, 3.63) is 23.9 Å². The van der Waals surface area contributed by atoms with Crippen molar-refractivity contribution in [2.75, 3.05) is 11.9 Å². The minimum Gasteiger partial charge on any atom is -0.389 e. The van der Waals surface area contributed by atoms with E-state index in [1.807, 2.05) is 12.1 Å². The van der Waals surface area contributed by atoms with Crippen LogP contribution in [0.2, 0.25) is 0 Å². The molecular formula is C13H20N2O. The Kier molecular flexibility index (Phi) is 3.44. The largest absolute Gasteiger partial charge is 0.389 e. The lowest BCUT2D eigenvalue weighted by molar-refractivity contribution is 0.199. The van der Waals surface area contributed by atoms with E-state index in [2.05, 4.69) is 16.9 Å². The summed E-state index contributed by atoms with van der Waals surface area (Å²) in [5.74, 6) is 0.977. The Balaban J connectivity index is 2.15. The van der Waals surface area contributed by atoms with Gasteiger partial charge in [-0.15, -0.1) is 0 Å². The molecule has 1 aromatic rings. The van der Waals surface area contributed by atoms with Crippen LogP contribution >= 0.6 is 0 Å². The summed E-state index contributed by atoms with van der Waals surface area (Å²) in [4.78, 5) is 6.63. The van der Waals surface area contributed by atoms with E-state index in [1.54, 1.807) is 13.1 Å². The molecule has 1 aromatic heterocycles. The van der Waals surface area contributed by atoms with Gasteiger partial charge in [0.25, 0.3) is 0 Å². The molecule has 0 aliphatic heterocycles. The van der Waals surface area contributed by atoms with Crippen LogP contribution in [-0.4, -0.2) is 23.2 Å². The third kappa shape index (κ3) is 2.35. The van der Waals surface area contributed by atoms with Crippen LogP contribution in [0.3, 0.4) is 0 Å². The first kappa shape index (κ1) is 11.4. The number of rotatable bonds is 3. The fraction of sp³-hybridized carbons (Fsp3) is 0.615. The van der Waals surface area contributed by atoms with Gasteiger partial charge in [0.1, 0.15) is 5.82 Å². The SMILES string of the molecule is CC(O)c1ccnc(N(C)C2CCCC2)c1. The molecule has 1 N–H and O–H groups in total. The summed E-state index contributed by atoms with van der Waals surface area (Å²) in [7, 11) is 2.10. The van der Waals surface area contributed by atoms with E-state index in [-0.39, 0.29) is 0 Å². The average molecular weight is 220 g/mol. The molecule has 1 aliphatic carbocycles. The molecule has 1 saturated carbocycles. The van der Waals surface area contributed by atoms with Crippen LogP contribution < -0.4 is 4.90 Å². The van der Waals surface area contributed by atoms with Crippen LogP contribution in [0.25, 0.3) is 0 Å². The van der Waals surface area contributed by atoms with Gasteiger partial charge in [0.15, 0.2) is 0 Å². The zero-order chi connectivity index (χ0) is 11.5. The van der Waals surface area contributed by atoms with E-state index >= 15 is 0 Å². The molecule has 0 radical (unpaired) electrons. The van der Waals surface area contributed by atoms with Crippen molar-refractivity contribution in [3.8, 4) is 0 Å². The molecule has 1 heterocycles. The molecule has 3 heteroatoms. The number of nitrogens with zero attached hydrogens (tertiary/aromatic N) is 2. The minimum absolute atomic E-state index is 0.418. The zero-order valence-electron chi connectivity index (χ0n) is 10.1. The quantitative estimate of drug-likeness (QED) is 0.850. The number of aliphatic hydroxyl groups is 1. The summed E-state index contributed by atoms with van der Waals surface area (Å²) >= 11 is 0. The first-order valence-electron chi connectivity index (χ1n) is 6.05. The zero-order valence-corrected chi connectivity index (χ0v) is 10.1. The van der Waals surface area contributed by atoms with E-state index in [0.717, 1.165) is 11.4 Å². The Morgan fingerprint density at radius 2 is 2.12 bits per heavy atom. The van der Waals surface area contributed by atoms with Crippen molar-refractivity contribution in [3.63, 3.8) is 0 Å². The Labute approximate surface area is 97.1 Å². The maximum absolute atomic E-state index is 9.55. The van der Waals surface area contributed by atoms with Crippen molar-refractivity contribution < 1.29 is 5.11 Å². The molecule has 0 bridgehead atoms. The first-order valence-corrected chi connectivity index (χ1v) is 6.05. The molecule has 0 saturated heterocycles. The van der Waals surface area contributed by atoms with Gasteiger partial charge in [-0.25, -0.2) is 4.98 Å². The average Bonchev–Trinajstić information content (AvgIpc) is 2.81. The number of aromatic nitrogens is 1. The number of hydrogen-bond donors (Lipinski definition) is 1. The van der Waals surface area contributed by atoms with Gasteiger partial charge >= 0.3 is 0 Å². The summed E-state index contributed by atoms with van der Waals surface area (Å²) in [6.45, 7) is 1.79. The maximum atomic E-state index is 9.55. The van der Waals surface area contributed by atoms with Crippen molar-refractivity contribution in [1.29, 1.82) is 0 Å². The molecule has 1 unspecified atom stereocenters. The normalized spacial score (nSPS) is 18.7. The highest BCUT2D eigenvalue weighted by Gasteiger charge is 2.20. The molecule has 0 spiro atoms. The Morgan fingerprint density at radius 3 is 2.75 bits per heavy atom. The lowest BCUT2D eigenvalue weighted by Crippen LogP contribution is -2.29. The molecule has 0 amide bonds. The summed E-state index contributed by atoms with van der Waals surface area (Å²) in [6.07, 6.45) is 6.53. The van der Waals surface area contributed by atoms with Gasteiger partial charge in [-0.1, -0.05) is 12.8 Å². The molecule has 3 nitrogen and oxygen atoms in total. The monoisotopic (exact) mass is 220 g/mol. The lowest BCUT2D eigenvalue weighted by Gasteiger charge is -2.25. The third-order valence-electron chi connectivity index (χ3n) is 3.49. The first-order chi connectivity index (χ1) is 7.68. The molecule has 2 rings (SSSR count). The van der Waals surface area contributed by atoms with Crippen molar-refractivity contribution in [2.24, 2.45) is 0 Å². The van der Waals surface area contributed by atoms with E-state index in [4.69, 9.17) is 0 Å². The standard InChI is InChI=1S/C13H20N2O/c1-10(16)11-7-8-14-13(9-11)15(2)12-5-3-4-6-12/h7-10,12,16H,3-6H2,1-2H3. The van der Waals surface area contributed by atoms with Gasteiger partial charge in [0.2, 0.25) is 0 Å². The molecule has 1 atom stereocenters. The summed E-state index contributed by atoms with van der Waals surface area (Å²) in [5.41, 5.74) is 0.940. The fourth-order valence-electron chi connectivity index (χ4n) is 2.37. The van der Waals surface area contributed by atoms with Gasteiger partial charge in [-0.2, -0.15) is 0 Å². The predicted octanol–water partition coefficient (Wildman–Crippen LogP) is 2.51. The van der Waals surface area contributed by atoms with Crippen molar-refractivity contribution in [1.82, 2.24) is 4.98 Å². The van der Waals surface area contributed by atoms with Crippen LogP contribution in [0, 0.1) is 0 Å². The van der Waals surface area contributed by atoms with E-state index in [9.17, 15) is 5.11 Å². The molecule has 88 valence electrons. The highest BCUT2D eigenvalue weighted by molar-refractivity contribution is 5.42. The topological polar surface area (TPSA) is 36.4 Å². The summed E-state index contributed by atoms with van der Waals surface area (Å²) in [6, 6.07) is 4.48. The lowest BCUT2D eigenvalue weighted by atomic mass is 10.1. The second-order valence-corrected chi connectivity index (χ2v) is 4.67. The van der Waals surface area contributed by atoms with Crippen LogP contribution in [0.4, 0.5) is 5.82 Å². The predicted molar refractivity (Wildman–Crippen MR) is 65.5 cm³/mol. The smallest absolute Gasteiger partial charge is 0.128 e. The fourth-order valence-corrected chi connectivity index (χ4v) is 2.37. The number of anilines is 1. The number of pyridine rings is 1. The second kappa shape index (κ2) is 4.83. The summed E-state index contributed by atoms with van der Waals surface area (Å²) in [5, 5.41) is 9.55. The number of aliphatic hydroxyl groups excluding tert-OH is 1. The van der Waals surface area contributed by atoms with Crippen LogP contribution in [0.5, 0.6) is 0 Å². The maximum Gasteiger partial charge on any atom is 0.128 e. The third-order valence-corrected chi connectivity index (χ3v) is 3.49. The molecule has 0 aromatic carbocycles. The van der Waals surface area contributed by atoms with E-state index in [1.165, 1.54) is 25.7 Å². The van der Waals surface area contributed by atoms with Gasteiger partial charge < -0.3 is 10.0 Å². The molecule has 1 fully saturated rings. The summed E-state index contributed by atoms with van der Waals surface area (Å²) < 4.78 is 0. The Bertz CT molecular complexity index is 346. The number of hydrogen-bond acceptors (Lipinski definition) is 3. The molecular weight excluding hydrogens is 200 g/mol. The Morgan fingerprint density at radius 1 is 1.44 bits per heavy atom. The van der Waals surface area contributed by atoms with Gasteiger partial charge in [0, 0.05) is 19.3 Å².